The fraction of sp³-hybridized carbons (Fsp3) is 0. The fourth-order valence-electron chi connectivity index (χ4n) is 8.80. The summed E-state index contributed by atoms with van der Waals surface area (Å²) in [5.41, 5.74) is 9.86. The molecule has 0 bridgehead atoms. The number of rotatable bonds is 4. The van der Waals surface area contributed by atoms with Gasteiger partial charge in [-0.3, -0.25) is 0 Å². The van der Waals surface area contributed by atoms with E-state index >= 15 is 0 Å². The van der Waals surface area contributed by atoms with E-state index in [4.69, 9.17) is 9.97 Å². The van der Waals surface area contributed by atoms with Gasteiger partial charge in [-0.05, 0) is 85.9 Å². The van der Waals surface area contributed by atoms with Gasteiger partial charge < -0.3 is 4.57 Å². The summed E-state index contributed by atoms with van der Waals surface area (Å²) < 4.78 is 4.68. The van der Waals surface area contributed by atoms with Crippen LogP contribution in [-0.4, -0.2) is 14.5 Å². The van der Waals surface area contributed by atoms with E-state index in [9.17, 15) is 0 Å². The zero-order chi connectivity index (χ0) is 36.7. The van der Waals surface area contributed by atoms with Gasteiger partial charge in [-0.2, -0.15) is 0 Å². The van der Waals surface area contributed by atoms with Crippen LogP contribution in [0.25, 0.3) is 114 Å². The van der Waals surface area contributed by atoms with Crippen LogP contribution in [0.2, 0.25) is 0 Å². The molecule has 0 aliphatic heterocycles. The van der Waals surface area contributed by atoms with E-state index in [1.165, 1.54) is 64.4 Å². The highest BCUT2D eigenvalue weighted by atomic mass is 32.1. The summed E-state index contributed by atoms with van der Waals surface area (Å²) in [7, 11) is 0. The van der Waals surface area contributed by atoms with E-state index in [1.807, 2.05) is 6.07 Å². The molecule has 12 rings (SSSR count). The highest BCUT2D eigenvalue weighted by Gasteiger charge is 2.20. The van der Waals surface area contributed by atoms with Crippen molar-refractivity contribution < 1.29 is 0 Å². The minimum Gasteiger partial charge on any atom is -0.309 e. The normalized spacial score (nSPS) is 11.9. The Hall–Kier alpha value is -7.14. The van der Waals surface area contributed by atoms with Crippen molar-refractivity contribution in [2.45, 2.75) is 0 Å². The summed E-state index contributed by atoms with van der Waals surface area (Å²) >= 11 is 1.79. The van der Waals surface area contributed by atoms with E-state index in [-0.39, 0.29) is 0 Å². The topological polar surface area (TPSA) is 30.7 Å². The molecule has 56 heavy (non-hydrogen) atoms. The van der Waals surface area contributed by atoms with E-state index in [0.717, 1.165) is 49.5 Å². The molecule has 3 aromatic heterocycles. The van der Waals surface area contributed by atoms with E-state index < -0.39 is 0 Å². The molecule has 0 spiro atoms. The van der Waals surface area contributed by atoms with Gasteiger partial charge >= 0.3 is 0 Å². The third kappa shape index (κ3) is 4.70. The lowest BCUT2D eigenvalue weighted by atomic mass is 9.91. The summed E-state index contributed by atoms with van der Waals surface area (Å²) in [6, 6.07) is 67.8. The molecule has 0 fully saturated rings. The van der Waals surface area contributed by atoms with E-state index in [1.54, 1.807) is 11.3 Å². The zero-order valence-corrected chi connectivity index (χ0v) is 31.0. The predicted octanol–water partition coefficient (Wildman–Crippen LogP) is 14.4. The molecule has 0 unspecified atom stereocenters. The molecule has 0 amide bonds. The quantitative estimate of drug-likeness (QED) is 0.169. The van der Waals surface area contributed by atoms with Crippen molar-refractivity contribution >= 4 is 85.8 Å². The maximum atomic E-state index is 5.36. The average Bonchev–Trinajstić information content (AvgIpc) is 3.80. The number of thiophene rings is 1. The Bertz CT molecular complexity index is 3490. The number of aromatic nitrogens is 3. The SMILES string of the molecule is c1ccc(-c2nc(-c3cccc(-c4ccc5c6ccccc6c6ccccc6c5c4)c3)c3sc4cc5c6ccccc6n(-c6ccccc6)c5cc4c3n2)cc1. The molecule has 12 aromatic rings. The monoisotopic (exact) mass is 729 g/mol. The van der Waals surface area contributed by atoms with Crippen molar-refractivity contribution in [3.8, 4) is 39.5 Å². The number of benzene rings is 9. The largest absolute Gasteiger partial charge is 0.309 e. The van der Waals surface area contributed by atoms with Crippen molar-refractivity contribution in [2.24, 2.45) is 0 Å². The van der Waals surface area contributed by atoms with Gasteiger partial charge in [0.25, 0.3) is 0 Å². The number of para-hydroxylation sites is 2. The Balaban J connectivity index is 1.10. The van der Waals surface area contributed by atoms with Crippen LogP contribution in [0.5, 0.6) is 0 Å². The number of hydrogen-bond acceptors (Lipinski definition) is 3. The van der Waals surface area contributed by atoms with Gasteiger partial charge in [0.1, 0.15) is 0 Å². The molecule has 0 radical (unpaired) electrons. The van der Waals surface area contributed by atoms with Crippen LogP contribution in [0.4, 0.5) is 0 Å². The Morgan fingerprint density at radius 2 is 0.946 bits per heavy atom. The Labute approximate surface area is 326 Å². The second-order valence-electron chi connectivity index (χ2n) is 14.5. The lowest BCUT2D eigenvalue weighted by molar-refractivity contribution is 1.18. The van der Waals surface area contributed by atoms with Crippen LogP contribution in [0.15, 0.2) is 188 Å². The third-order valence-corrected chi connectivity index (χ3v) is 12.5. The van der Waals surface area contributed by atoms with Crippen LogP contribution in [0, 0.1) is 0 Å². The maximum Gasteiger partial charge on any atom is 0.160 e. The summed E-state index contributed by atoms with van der Waals surface area (Å²) in [5, 5.41) is 11.3. The molecule has 0 aliphatic rings. The Morgan fingerprint density at radius 3 is 1.70 bits per heavy atom. The van der Waals surface area contributed by atoms with Crippen LogP contribution in [-0.2, 0) is 0 Å². The Morgan fingerprint density at radius 1 is 0.357 bits per heavy atom. The molecule has 3 heterocycles. The van der Waals surface area contributed by atoms with Crippen LogP contribution < -0.4 is 0 Å². The second-order valence-corrected chi connectivity index (χ2v) is 15.6. The van der Waals surface area contributed by atoms with Crippen LogP contribution in [0.1, 0.15) is 0 Å². The number of fused-ring (bicyclic) bond motifs is 12. The smallest absolute Gasteiger partial charge is 0.160 e. The molecule has 0 aliphatic carbocycles. The maximum absolute atomic E-state index is 5.36. The van der Waals surface area contributed by atoms with Gasteiger partial charge in [0.05, 0.1) is 26.9 Å². The molecule has 4 heteroatoms. The van der Waals surface area contributed by atoms with Gasteiger partial charge in [-0.15, -0.1) is 11.3 Å². The molecule has 0 saturated carbocycles. The third-order valence-electron chi connectivity index (χ3n) is 11.4. The lowest BCUT2D eigenvalue weighted by Crippen LogP contribution is -1.94. The summed E-state index contributed by atoms with van der Waals surface area (Å²) in [6.45, 7) is 0. The minimum absolute atomic E-state index is 0.728. The predicted molar refractivity (Wildman–Crippen MR) is 238 cm³/mol. The van der Waals surface area contributed by atoms with Gasteiger partial charge in [0.15, 0.2) is 5.82 Å². The molecule has 9 aromatic carbocycles. The first-order valence-corrected chi connectivity index (χ1v) is 19.8. The molecule has 0 atom stereocenters. The highest BCUT2D eigenvalue weighted by molar-refractivity contribution is 7.26. The van der Waals surface area contributed by atoms with E-state index in [2.05, 4.69) is 187 Å². The van der Waals surface area contributed by atoms with E-state index in [0.29, 0.717) is 0 Å². The standard InChI is InChI=1S/C52H31N3S/c1-3-14-32(15-4-1)52-53-49(35-17-13-16-33(28-35)34-26-27-41-39-22-8-7-20-37(39)38-21-9-10-23-40(38)43(41)29-34)51-50(54-52)45-30-47-44(31-48(45)56-51)42-24-11-12-25-46(42)55(47)36-18-5-2-6-19-36/h1-31H. The summed E-state index contributed by atoms with van der Waals surface area (Å²) in [5.74, 6) is 0.728. The van der Waals surface area contributed by atoms with Gasteiger partial charge in [0, 0.05) is 37.7 Å². The number of hydrogen-bond donors (Lipinski definition) is 0. The first kappa shape index (κ1) is 31.2. The van der Waals surface area contributed by atoms with Crippen molar-refractivity contribution in [1.29, 1.82) is 0 Å². The van der Waals surface area contributed by atoms with Crippen molar-refractivity contribution in [3.63, 3.8) is 0 Å². The minimum atomic E-state index is 0.728. The molecular formula is C52H31N3S. The average molecular weight is 730 g/mol. The number of nitrogens with zero attached hydrogens (tertiary/aromatic N) is 3. The molecule has 0 saturated heterocycles. The zero-order valence-electron chi connectivity index (χ0n) is 30.1. The lowest BCUT2D eigenvalue weighted by Gasteiger charge is -2.13. The highest BCUT2D eigenvalue weighted by Crippen LogP contribution is 2.44. The summed E-state index contributed by atoms with van der Waals surface area (Å²) in [6.07, 6.45) is 0. The van der Waals surface area contributed by atoms with Gasteiger partial charge in [0.2, 0.25) is 0 Å². The van der Waals surface area contributed by atoms with Crippen molar-refractivity contribution in [1.82, 2.24) is 14.5 Å². The first-order chi connectivity index (χ1) is 27.8. The van der Waals surface area contributed by atoms with Crippen molar-refractivity contribution in [3.05, 3.63) is 188 Å². The van der Waals surface area contributed by atoms with Crippen molar-refractivity contribution in [2.75, 3.05) is 0 Å². The molecular weight excluding hydrogens is 699 g/mol. The molecule has 0 N–H and O–H groups in total. The van der Waals surface area contributed by atoms with Gasteiger partial charge in [-0.25, -0.2) is 9.97 Å². The Kier molecular flexibility index (Phi) is 6.80. The molecule has 260 valence electrons. The van der Waals surface area contributed by atoms with Crippen LogP contribution in [0.3, 0.4) is 0 Å². The summed E-state index contributed by atoms with van der Waals surface area (Å²) in [4.78, 5) is 10.7. The first-order valence-electron chi connectivity index (χ1n) is 19.0. The van der Waals surface area contributed by atoms with Crippen LogP contribution >= 0.6 is 11.3 Å². The second kappa shape index (κ2) is 12.2. The van der Waals surface area contributed by atoms with Gasteiger partial charge in [-0.1, -0.05) is 146 Å². The fourth-order valence-corrected chi connectivity index (χ4v) is 9.98. The molecule has 3 nitrogen and oxygen atoms in total.